The number of benzene rings is 1. The third-order valence-corrected chi connectivity index (χ3v) is 4.36. The van der Waals surface area contributed by atoms with E-state index in [0.717, 1.165) is 6.07 Å². The quantitative estimate of drug-likeness (QED) is 0.845. The number of anilines is 1. The first kappa shape index (κ1) is 17.4. The van der Waals surface area contributed by atoms with E-state index in [2.05, 4.69) is 10.3 Å². The summed E-state index contributed by atoms with van der Waals surface area (Å²) in [5.41, 5.74) is -0.225. The number of nitrogens with zero attached hydrogens (tertiary/aromatic N) is 1. The zero-order valence-corrected chi connectivity index (χ0v) is 13.4. The van der Waals surface area contributed by atoms with Gasteiger partial charge >= 0.3 is 12.1 Å². The number of rotatable bonds is 4. The SMILES string of the molecule is O=C1CCC(CNc2ccc(C3=NCC(=O)OC3)cc2C(F)(F)F)C1. The number of aliphatic imine (C=N–C) groups is 1. The number of esters is 1. The fourth-order valence-electron chi connectivity index (χ4n) is 3.01. The number of Topliss-reactive ketones (excluding diaryl/α,β-unsaturated/α-hetero) is 1. The van der Waals surface area contributed by atoms with Crippen LogP contribution >= 0.6 is 0 Å². The van der Waals surface area contributed by atoms with Gasteiger partial charge in [0.05, 0.1) is 11.3 Å². The molecule has 0 aromatic heterocycles. The molecule has 0 radical (unpaired) electrons. The lowest BCUT2D eigenvalue weighted by Gasteiger charge is -2.19. The third-order valence-electron chi connectivity index (χ3n) is 4.36. The summed E-state index contributed by atoms with van der Waals surface area (Å²) < 4.78 is 45.0. The van der Waals surface area contributed by atoms with E-state index in [-0.39, 0.29) is 36.1 Å². The molecule has 1 aromatic carbocycles. The van der Waals surface area contributed by atoms with Crippen molar-refractivity contribution in [3.63, 3.8) is 0 Å². The molecule has 1 aromatic rings. The number of ketones is 1. The van der Waals surface area contributed by atoms with Gasteiger partial charge in [0, 0.05) is 25.1 Å². The molecule has 1 N–H and O–H groups in total. The average molecular weight is 354 g/mol. The monoisotopic (exact) mass is 354 g/mol. The number of alkyl halides is 3. The average Bonchev–Trinajstić information content (AvgIpc) is 2.98. The van der Waals surface area contributed by atoms with Gasteiger partial charge in [-0.15, -0.1) is 0 Å². The van der Waals surface area contributed by atoms with Crippen LogP contribution < -0.4 is 5.32 Å². The Hall–Kier alpha value is -2.38. The summed E-state index contributed by atoms with van der Waals surface area (Å²) in [6.45, 7) is 0.00616. The molecular weight excluding hydrogens is 337 g/mol. The van der Waals surface area contributed by atoms with Gasteiger partial charge in [0.25, 0.3) is 0 Å². The van der Waals surface area contributed by atoms with Crippen LogP contribution in [0.2, 0.25) is 0 Å². The molecule has 1 fully saturated rings. The zero-order chi connectivity index (χ0) is 18.0. The Morgan fingerprint density at radius 2 is 2.08 bits per heavy atom. The molecule has 0 bridgehead atoms. The minimum Gasteiger partial charge on any atom is -0.458 e. The Labute approximate surface area is 142 Å². The van der Waals surface area contributed by atoms with E-state index < -0.39 is 17.7 Å². The van der Waals surface area contributed by atoms with Crippen LogP contribution in [0.1, 0.15) is 30.4 Å². The lowest BCUT2D eigenvalue weighted by molar-refractivity contribution is -0.141. The number of halogens is 3. The first-order valence-corrected chi connectivity index (χ1v) is 7.99. The maximum Gasteiger partial charge on any atom is 0.418 e. The van der Waals surface area contributed by atoms with Crippen molar-refractivity contribution in [1.29, 1.82) is 0 Å². The van der Waals surface area contributed by atoms with E-state index in [1.54, 1.807) is 0 Å². The smallest absolute Gasteiger partial charge is 0.418 e. The highest BCUT2D eigenvalue weighted by atomic mass is 19.4. The highest BCUT2D eigenvalue weighted by Crippen LogP contribution is 2.36. The van der Waals surface area contributed by atoms with E-state index in [0.29, 0.717) is 31.5 Å². The predicted molar refractivity (Wildman–Crippen MR) is 84.6 cm³/mol. The van der Waals surface area contributed by atoms with Gasteiger partial charge in [-0.1, -0.05) is 6.07 Å². The fourth-order valence-corrected chi connectivity index (χ4v) is 3.01. The van der Waals surface area contributed by atoms with Crippen molar-refractivity contribution < 1.29 is 27.5 Å². The molecule has 1 aliphatic heterocycles. The van der Waals surface area contributed by atoms with Crippen molar-refractivity contribution in [3.05, 3.63) is 29.3 Å². The van der Waals surface area contributed by atoms with Crippen LogP contribution in [0.3, 0.4) is 0 Å². The van der Waals surface area contributed by atoms with Gasteiger partial charge in [-0.25, -0.2) is 0 Å². The predicted octanol–water partition coefficient (Wildman–Crippen LogP) is 2.83. The van der Waals surface area contributed by atoms with E-state index in [9.17, 15) is 22.8 Å². The Morgan fingerprint density at radius 1 is 1.28 bits per heavy atom. The molecule has 0 amide bonds. The summed E-state index contributed by atoms with van der Waals surface area (Å²) >= 11 is 0. The molecule has 1 unspecified atom stereocenters. The standard InChI is InChI=1S/C17H17F3N2O3/c18-17(19,20)13-6-11(15-9-25-16(24)8-22-15)2-4-14(13)21-7-10-1-3-12(23)5-10/h2,4,6,10,21H,1,3,5,7-9H2. The van der Waals surface area contributed by atoms with Crippen LogP contribution in [-0.2, 0) is 20.5 Å². The molecule has 1 saturated carbocycles. The molecule has 1 heterocycles. The summed E-state index contributed by atoms with van der Waals surface area (Å²) in [6, 6.07) is 3.89. The molecule has 0 spiro atoms. The maximum atomic E-state index is 13.4. The van der Waals surface area contributed by atoms with Gasteiger partial charge in [0.15, 0.2) is 0 Å². The number of cyclic esters (lactones) is 1. The van der Waals surface area contributed by atoms with Crippen molar-refractivity contribution in [1.82, 2.24) is 0 Å². The van der Waals surface area contributed by atoms with Crippen LogP contribution in [0.25, 0.3) is 0 Å². The fraction of sp³-hybridized carbons (Fsp3) is 0.471. The van der Waals surface area contributed by atoms with Crippen molar-refractivity contribution in [2.24, 2.45) is 10.9 Å². The van der Waals surface area contributed by atoms with E-state index in [1.807, 2.05) is 0 Å². The normalized spacial score (nSPS) is 21.1. The first-order chi connectivity index (χ1) is 11.8. The molecule has 3 rings (SSSR count). The second kappa shape index (κ2) is 6.85. The molecule has 25 heavy (non-hydrogen) atoms. The third kappa shape index (κ3) is 4.18. The zero-order valence-electron chi connectivity index (χ0n) is 13.4. The van der Waals surface area contributed by atoms with Crippen molar-refractivity contribution in [3.8, 4) is 0 Å². The number of ether oxygens (including phenoxy) is 1. The van der Waals surface area contributed by atoms with Crippen LogP contribution in [0, 0.1) is 5.92 Å². The van der Waals surface area contributed by atoms with Crippen molar-refractivity contribution in [2.75, 3.05) is 25.0 Å². The number of carbonyl (C=O) groups excluding carboxylic acids is 2. The summed E-state index contributed by atoms with van der Waals surface area (Å²) in [6.07, 6.45) is -2.92. The minimum atomic E-state index is -4.53. The molecular formula is C17H17F3N2O3. The molecule has 1 atom stereocenters. The van der Waals surface area contributed by atoms with Crippen LogP contribution in [0.15, 0.2) is 23.2 Å². The summed E-state index contributed by atoms with van der Waals surface area (Å²) in [7, 11) is 0. The van der Waals surface area contributed by atoms with Gasteiger partial charge in [0.1, 0.15) is 18.9 Å². The van der Waals surface area contributed by atoms with Gasteiger partial charge in [0.2, 0.25) is 0 Å². The van der Waals surface area contributed by atoms with Crippen molar-refractivity contribution in [2.45, 2.75) is 25.4 Å². The highest BCUT2D eigenvalue weighted by Gasteiger charge is 2.34. The van der Waals surface area contributed by atoms with E-state index >= 15 is 0 Å². The van der Waals surface area contributed by atoms with Crippen LogP contribution in [0.4, 0.5) is 18.9 Å². The second-order valence-electron chi connectivity index (χ2n) is 6.21. The number of nitrogens with one attached hydrogen (secondary N) is 1. The second-order valence-corrected chi connectivity index (χ2v) is 6.21. The summed E-state index contributed by atoms with van der Waals surface area (Å²) in [4.78, 5) is 26.3. The van der Waals surface area contributed by atoms with E-state index in [1.165, 1.54) is 12.1 Å². The van der Waals surface area contributed by atoms with Crippen LogP contribution in [-0.4, -0.2) is 37.2 Å². The van der Waals surface area contributed by atoms with Crippen molar-refractivity contribution >= 4 is 23.2 Å². The Bertz CT molecular complexity index is 728. The Kier molecular flexibility index (Phi) is 4.78. The molecule has 0 saturated heterocycles. The Morgan fingerprint density at radius 3 is 2.68 bits per heavy atom. The number of hydrogen-bond donors (Lipinski definition) is 1. The first-order valence-electron chi connectivity index (χ1n) is 7.99. The van der Waals surface area contributed by atoms with E-state index in [4.69, 9.17) is 4.74 Å². The van der Waals surface area contributed by atoms with Crippen LogP contribution in [0.5, 0.6) is 0 Å². The number of hydrogen-bond acceptors (Lipinski definition) is 5. The highest BCUT2D eigenvalue weighted by molar-refractivity contribution is 6.04. The lowest BCUT2D eigenvalue weighted by Crippen LogP contribution is -2.24. The molecule has 134 valence electrons. The molecule has 8 heteroatoms. The largest absolute Gasteiger partial charge is 0.458 e. The van der Waals surface area contributed by atoms with Gasteiger partial charge in [-0.3, -0.25) is 14.6 Å². The molecule has 1 aliphatic carbocycles. The van der Waals surface area contributed by atoms with Gasteiger partial charge < -0.3 is 10.1 Å². The minimum absolute atomic E-state index is 0.0241. The summed E-state index contributed by atoms with van der Waals surface area (Å²) in [5, 5.41) is 2.82. The van der Waals surface area contributed by atoms with Gasteiger partial charge in [-0.2, -0.15) is 13.2 Å². The molecule has 2 aliphatic rings. The molecule has 5 nitrogen and oxygen atoms in total. The maximum absolute atomic E-state index is 13.4. The lowest BCUT2D eigenvalue weighted by atomic mass is 10.0. The Balaban J connectivity index is 1.80. The van der Waals surface area contributed by atoms with Gasteiger partial charge in [-0.05, 0) is 30.0 Å². The summed E-state index contributed by atoms with van der Waals surface area (Å²) in [5.74, 6) is -0.275. The topological polar surface area (TPSA) is 67.8 Å². The number of carbonyl (C=O) groups is 2.